The Morgan fingerprint density at radius 1 is 1.56 bits per heavy atom. The van der Waals surface area contributed by atoms with Crippen molar-refractivity contribution >= 4 is 17.4 Å². The summed E-state index contributed by atoms with van der Waals surface area (Å²) in [4.78, 5) is 0. The topological polar surface area (TPSA) is 45.0 Å². The van der Waals surface area contributed by atoms with Gasteiger partial charge < -0.3 is 10.1 Å². The molecule has 1 aliphatic heterocycles. The molecule has 1 N–H and O–H groups in total. The predicted octanol–water partition coefficient (Wildman–Crippen LogP) is 2.37. The maximum atomic E-state index is 9.43. The highest BCUT2D eigenvalue weighted by atomic mass is 32.1. The molecule has 3 atom stereocenters. The maximum Gasteiger partial charge on any atom is 0.258 e. The van der Waals surface area contributed by atoms with Crippen molar-refractivity contribution in [3.05, 3.63) is 0 Å². The molecule has 88 valence electrons. The number of nitriles is 1. The lowest BCUT2D eigenvalue weighted by molar-refractivity contribution is -0.0340. The van der Waals surface area contributed by atoms with Crippen LogP contribution in [0.2, 0.25) is 0 Å². The van der Waals surface area contributed by atoms with E-state index >= 15 is 0 Å². The molecule has 0 spiro atoms. The Labute approximate surface area is 102 Å². The van der Waals surface area contributed by atoms with Crippen molar-refractivity contribution in [1.29, 1.82) is 5.26 Å². The van der Waals surface area contributed by atoms with Crippen molar-refractivity contribution in [3.63, 3.8) is 0 Å². The van der Waals surface area contributed by atoms with Crippen LogP contribution in [-0.2, 0) is 4.74 Å². The number of nitrogens with one attached hydrogen (secondary N) is 1. The molecular formula is C12H18N2OS. The summed E-state index contributed by atoms with van der Waals surface area (Å²) in [5, 5.41) is 13.1. The minimum atomic E-state index is -0.657. The summed E-state index contributed by atoms with van der Waals surface area (Å²) in [7, 11) is 0. The number of hydrogen-bond donors (Lipinski definition) is 1. The van der Waals surface area contributed by atoms with Gasteiger partial charge in [0, 0.05) is 18.4 Å². The second-order valence-electron chi connectivity index (χ2n) is 5.16. The Morgan fingerprint density at radius 3 is 2.94 bits per heavy atom. The third-order valence-electron chi connectivity index (χ3n) is 3.81. The van der Waals surface area contributed by atoms with Crippen LogP contribution >= 0.6 is 12.2 Å². The molecule has 3 nitrogen and oxygen atoms in total. The van der Waals surface area contributed by atoms with Crippen LogP contribution in [0.15, 0.2) is 0 Å². The monoisotopic (exact) mass is 238 g/mol. The second-order valence-corrected chi connectivity index (χ2v) is 5.53. The molecule has 1 heterocycles. The SMILES string of the molecule is CC(C)C1NC(=S)OC2(C#N)CCCCC12. The number of ether oxygens (including phenoxy) is 1. The summed E-state index contributed by atoms with van der Waals surface area (Å²) in [6.45, 7) is 4.34. The lowest BCUT2D eigenvalue weighted by Crippen LogP contribution is -2.61. The zero-order chi connectivity index (χ0) is 11.8. The van der Waals surface area contributed by atoms with E-state index in [1.165, 1.54) is 6.42 Å². The summed E-state index contributed by atoms with van der Waals surface area (Å²) < 4.78 is 5.67. The average molecular weight is 238 g/mol. The summed E-state index contributed by atoms with van der Waals surface area (Å²) in [5.41, 5.74) is -0.657. The normalized spacial score (nSPS) is 38.2. The zero-order valence-electron chi connectivity index (χ0n) is 9.82. The number of thiocarbonyl (C=S) groups is 1. The van der Waals surface area contributed by atoms with Crippen molar-refractivity contribution < 1.29 is 4.74 Å². The van der Waals surface area contributed by atoms with Gasteiger partial charge in [-0.3, -0.25) is 0 Å². The summed E-state index contributed by atoms with van der Waals surface area (Å²) in [6.07, 6.45) is 4.14. The minimum absolute atomic E-state index is 0.276. The van der Waals surface area contributed by atoms with Crippen molar-refractivity contribution in [2.45, 2.75) is 51.2 Å². The van der Waals surface area contributed by atoms with Gasteiger partial charge in [0.05, 0.1) is 0 Å². The van der Waals surface area contributed by atoms with Crippen LogP contribution in [0, 0.1) is 23.2 Å². The molecule has 16 heavy (non-hydrogen) atoms. The first kappa shape index (κ1) is 11.7. The average Bonchev–Trinajstić information content (AvgIpc) is 2.27. The minimum Gasteiger partial charge on any atom is -0.449 e. The molecule has 1 aliphatic carbocycles. The number of fused-ring (bicyclic) bond motifs is 1. The van der Waals surface area contributed by atoms with Crippen LogP contribution in [0.5, 0.6) is 0 Å². The van der Waals surface area contributed by atoms with Crippen molar-refractivity contribution in [2.24, 2.45) is 11.8 Å². The Hall–Kier alpha value is -0.820. The number of rotatable bonds is 1. The van der Waals surface area contributed by atoms with E-state index in [4.69, 9.17) is 17.0 Å². The molecule has 0 aromatic heterocycles. The van der Waals surface area contributed by atoms with Crippen LogP contribution in [-0.4, -0.2) is 16.8 Å². The first-order valence-corrected chi connectivity index (χ1v) is 6.40. The highest BCUT2D eigenvalue weighted by Gasteiger charge is 2.51. The van der Waals surface area contributed by atoms with Gasteiger partial charge in [0.15, 0.2) is 0 Å². The lowest BCUT2D eigenvalue weighted by Gasteiger charge is -2.48. The van der Waals surface area contributed by atoms with Crippen LogP contribution in [0.4, 0.5) is 0 Å². The maximum absolute atomic E-state index is 9.43. The van der Waals surface area contributed by atoms with E-state index in [0.29, 0.717) is 11.1 Å². The van der Waals surface area contributed by atoms with E-state index in [0.717, 1.165) is 19.3 Å². The smallest absolute Gasteiger partial charge is 0.258 e. The summed E-state index contributed by atoms with van der Waals surface area (Å²) >= 11 is 5.12. The number of nitrogens with zero attached hydrogens (tertiary/aromatic N) is 1. The Balaban J connectivity index is 2.31. The molecular weight excluding hydrogens is 220 g/mol. The van der Waals surface area contributed by atoms with Crippen LogP contribution in [0.1, 0.15) is 39.5 Å². The van der Waals surface area contributed by atoms with E-state index in [1.807, 2.05) is 0 Å². The van der Waals surface area contributed by atoms with E-state index in [9.17, 15) is 5.26 Å². The quantitative estimate of drug-likeness (QED) is 0.712. The fraction of sp³-hybridized carbons (Fsp3) is 0.833. The largest absolute Gasteiger partial charge is 0.449 e. The van der Waals surface area contributed by atoms with Crippen molar-refractivity contribution in [2.75, 3.05) is 0 Å². The van der Waals surface area contributed by atoms with Gasteiger partial charge in [-0.15, -0.1) is 0 Å². The van der Waals surface area contributed by atoms with Gasteiger partial charge in [0.2, 0.25) is 5.60 Å². The van der Waals surface area contributed by atoms with Gasteiger partial charge in [-0.25, -0.2) is 0 Å². The van der Waals surface area contributed by atoms with Gasteiger partial charge in [0.1, 0.15) is 6.07 Å². The molecule has 0 aromatic rings. The van der Waals surface area contributed by atoms with E-state index < -0.39 is 5.60 Å². The molecule has 0 aromatic carbocycles. The van der Waals surface area contributed by atoms with Gasteiger partial charge in [-0.2, -0.15) is 5.26 Å². The Morgan fingerprint density at radius 2 is 2.31 bits per heavy atom. The van der Waals surface area contributed by atoms with E-state index in [1.54, 1.807) is 0 Å². The van der Waals surface area contributed by atoms with E-state index in [-0.39, 0.29) is 12.0 Å². The fourth-order valence-corrected chi connectivity index (χ4v) is 3.28. The molecule has 2 fully saturated rings. The molecule has 2 aliphatic rings. The fourth-order valence-electron chi connectivity index (χ4n) is 2.99. The van der Waals surface area contributed by atoms with Crippen LogP contribution < -0.4 is 5.32 Å². The predicted molar refractivity (Wildman–Crippen MR) is 65.7 cm³/mol. The molecule has 2 rings (SSSR count). The van der Waals surface area contributed by atoms with Crippen LogP contribution in [0.3, 0.4) is 0 Å². The molecule has 1 saturated carbocycles. The Kier molecular flexibility index (Phi) is 3.07. The standard InChI is InChI=1S/C12H18N2OS/c1-8(2)10-9-5-3-4-6-12(9,7-13)15-11(16)14-10/h8-10H,3-6H2,1-2H3,(H,14,16). The molecule has 3 unspecified atom stereocenters. The van der Waals surface area contributed by atoms with Gasteiger partial charge in [0.25, 0.3) is 5.17 Å². The number of hydrogen-bond acceptors (Lipinski definition) is 3. The molecule has 1 saturated heterocycles. The summed E-state index contributed by atoms with van der Waals surface area (Å²) in [5.74, 6) is 0.746. The molecule has 0 bridgehead atoms. The first-order valence-electron chi connectivity index (χ1n) is 6.00. The van der Waals surface area contributed by atoms with E-state index in [2.05, 4.69) is 25.2 Å². The van der Waals surface area contributed by atoms with Crippen LogP contribution in [0.25, 0.3) is 0 Å². The second kappa shape index (κ2) is 4.21. The highest BCUT2D eigenvalue weighted by Crippen LogP contribution is 2.42. The summed E-state index contributed by atoms with van der Waals surface area (Å²) in [6, 6.07) is 2.66. The molecule has 0 amide bonds. The molecule has 4 heteroatoms. The highest BCUT2D eigenvalue weighted by molar-refractivity contribution is 7.80. The van der Waals surface area contributed by atoms with Crippen molar-refractivity contribution in [3.8, 4) is 6.07 Å². The first-order chi connectivity index (χ1) is 7.59. The van der Waals surface area contributed by atoms with Gasteiger partial charge >= 0.3 is 0 Å². The third-order valence-corrected chi connectivity index (χ3v) is 4.01. The van der Waals surface area contributed by atoms with Gasteiger partial charge in [-0.05, 0) is 31.0 Å². The Bertz CT molecular complexity index is 336. The van der Waals surface area contributed by atoms with Gasteiger partial charge in [-0.1, -0.05) is 20.3 Å². The van der Waals surface area contributed by atoms with Crippen molar-refractivity contribution in [1.82, 2.24) is 5.32 Å². The zero-order valence-corrected chi connectivity index (χ0v) is 10.6. The lowest BCUT2D eigenvalue weighted by atomic mass is 9.69. The third kappa shape index (κ3) is 1.78. The molecule has 0 radical (unpaired) electrons.